The van der Waals surface area contributed by atoms with E-state index in [9.17, 15) is 4.79 Å². The Bertz CT molecular complexity index is 381. The molecule has 0 bridgehead atoms. The van der Waals surface area contributed by atoms with E-state index in [0.29, 0.717) is 0 Å². The number of fused-ring (bicyclic) bond motifs is 2. The Kier molecular flexibility index (Phi) is 1.97. The van der Waals surface area contributed by atoms with Crippen molar-refractivity contribution >= 4 is 11.6 Å². The fourth-order valence-corrected chi connectivity index (χ4v) is 2.52. The third-order valence-electron chi connectivity index (χ3n) is 3.39. The van der Waals surface area contributed by atoms with Crippen LogP contribution in [0.15, 0.2) is 29.4 Å². The fourth-order valence-electron chi connectivity index (χ4n) is 2.52. The van der Waals surface area contributed by atoms with Crippen molar-refractivity contribution in [1.82, 2.24) is 4.90 Å². The Morgan fingerprint density at radius 1 is 1.27 bits per heavy atom. The minimum absolute atomic E-state index is 0.0164. The van der Waals surface area contributed by atoms with E-state index in [4.69, 9.17) is 0 Å². The van der Waals surface area contributed by atoms with Gasteiger partial charge in [-0.15, -0.1) is 0 Å². The van der Waals surface area contributed by atoms with Gasteiger partial charge in [0, 0.05) is 18.3 Å². The number of carbonyl (C=O) groups excluding carboxylic acids is 1. The lowest BCUT2D eigenvalue weighted by Gasteiger charge is -2.24. The smallest absolute Gasteiger partial charge is 0.235 e. The predicted octanol–water partition coefficient (Wildman–Crippen LogP) is 1.52. The Hall–Kier alpha value is -1.38. The van der Waals surface area contributed by atoms with E-state index in [-0.39, 0.29) is 17.9 Å². The summed E-state index contributed by atoms with van der Waals surface area (Å²) < 4.78 is 0. The molecule has 1 aliphatic carbocycles. The van der Waals surface area contributed by atoms with Crippen LogP contribution in [0.5, 0.6) is 0 Å². The Balaban J connectivity index is 1.95. The second kappa shape index (κ2) is 3.33. The van der Waals surface area contributed by atoms with Crippen molar-refractivity contribution in [3.05, 3.63) is 24.4 Å². The number of carbonyl (C=O) groups is 1. The summed E-state index contributed by atoms with van der Waals surface area (Å²) in [5, 5.41) is 0. The van der Waals surface area contributed by atoms with Crippen molar-refractivity contribution in [2.45, 2.75) is 25.3 Å². The van der Waals surface area contributed by atoms with Crippen LogP contribution in [0.2, 0.25) is 0 Å². The van der Waals surface area contributed by atoms with Crippen LogP contribution in [0, 0.1) is 5.92 Å². The van der Waals surface area contributed by atoms with E-state index in [1.807, 2.05) is 11.1 Å². The number of hydrogen-bond acceptors (Lipinski definition) is 2. The first kappa shape index (κ1) is 8.89. The number of amides is 1. The number of nitrogens with zero attached hydrogens (tertiary/aromatic N) is 2. The minimum atomic E-state index is 0.0164. The van der Waals surface area contributed by atoms with Gasteiger partial charge in [0.05, 0.1) is 18.5 Å². The van der Waals surface area contributed by atoms with Crippen molar-refractivity contribution in [1.29, 1.82) is 0 Å². The summed E-state index contributed by atoms with van der Waals surface area (Å²) in [6.07, 6.45) is 10.9. The Labute approximate surface area is 89.2 Å². The normalized spacial score (nSPS) is 33.5. The highest BCUT2D eigenvalue weighted by Gasteiger charge is 2.35. The molecular formula is C12H14N2O. The third kappa shape index (κ3) is 1.34. The first-order valence-electron chi connectivity index (χ1n) is 5.53. The number of rotatable bonds is 0. The monoisotopic (exact) mass is 202 g/mol. The molecule has 0 aromatic heterocycles. The average Bonchev–Trinajstić information content (AvgIpc) is 2.69. The molecule has 1 amide bonds. The standard InChI is InChI=1S/C12H14N2O/c15-12-10-5-1-2-6-11(10)13-8-9-4-3-7-14(9)12/h1-3,7,9-10H,4-6,8H2. The fraction of sp³-hybridized carbons (Fsp3) is 0.500. The third-order valence-corrected chi connectivity index (χ3v) is 3.39. The van der Waals surface area contributed by atoms with Crippen LogP contribution < -0.4 is 0 Å². The van der Waals surface area contributed by atoms with Crippen molar-refractivity contribution in [3.63, 3.8) is 0 Å². The first-order chi connectivity index (χ1) is 7.36. The lowest BCUT2D eigenvalue weighted by molar-refractivity contribution is -0.131. The van der Waals surface area contributed by atoms with E-state index in [2.05, 4.69) is 23.2 Å². The molecule has 0 aromatic rings. The van der Waals surface area contributed by atoms with Crippen LogP contribution in [-0.2, 0) is 4.79 Å². The number of aliphatic imine (C=N–C) groups is 1. The topological polar surface area (TPSA) is 32.7 Å². The van der Waals surface area contributed by atoms with Crippen LogP contribution >= 0.6 is 0 Å². The summed E-state index contributed by atoms with van der Waals surface area (Å²) in [6, 6.07) is 0.288. The van der Waals surface area contributed by atoms with E-state index < -0.39 is 0 Å². The van der Waals surface area contributed by atoms with Gasteiger partial charge in [-0.2, -0.15) is 0 Å². The Morgan fingerprint density at radius 3 is 3.13 bits per heavy atom. The predicted molar refractivity (Wildman–Crippen MR) is 58.6 cm³/mol. The molecule has 15 heavy (non-hydrogen) atoms. The summed E-state index contributed by atoms with van der Waals surface area (Å²) in [7, 11) is 0. The quantitative estimate of drug-likeness (QED) is 0.548. The second-order valence-corrected chi connectivity index (χ2v) is 4.32. The molecule has 2 heterocycles. The maximum Gasteiger partial charge on any atom is 0.235 e. The molecule has 2 unspecified atom stereocenters. The highest BCUT2D eigenvalue weighted by Crippen LogP contribution is 2.27. The lowest BCUT2D eigenvalue weighted by atomic mass is 9.91. The molecule has 0 saturated heterocycles. The summed E-state index contributed by atoms with van der Waals surface area (Å²) in [5.41, 5.74) is 1.09. The van der Waals surface area contributed by atoms with Gasteiger partial charge in [0.1, 0.15) is 0 Å². The highest BCUT2D eigenvalue weighted by atomic mass is 16.2. The number of hydrogen-bond donors (Lipinski definition) is 0. The van der Waals surface area contributed by atoms with E-state index in [1.54, 1.807) is 0 Å². The zero-order chi connectivity index (χ0) is 10.3. The highest BCUT2D eigenvalue weighted by molar-refractivity contribution is 6.06. The van der Waals surface area contributed by atoms with E-state index >= 15 is 0 Å². The minimum Gasteiger partial charge on any atom is -0.314 e. The van der Waals surface area contributed by atoms with Crippen LogP contribution in [0.3, 0.4) is 0 Å². The molecule has 0 aromatic carbocycles. The molecule has 0 radical (unpaired) electrons. The van der Waals surface area contributed by atoms with Gasteiger partial charge in [0.25, 0.3) is 0 Å². The van der Waals surface area contributed by atoms with Crippen LogP contribution in [0.4, 0.5) is 0 Å². The van der Waals surface area contributed by atoms with Crippen molar-refractivity contribution in [2.24, 2.45) is 10.9 Å². The SMILES string of the molecule is O=C1C2CC=CCC2=NCC2CC=CN12. The molecule has 0 saturated carbocycles. The molecule has 3 rings (SSSR count). The van der Waals surface area contributed by atoms with Gasteiger partial charge in [-0.3, -0.25) is 9.79 Å². The van der Waals surface area contributed by atoms with E-state index in [1.165, 1.54) is 0 Å². The molecule has 0 spiro atoms. The average molecular weight is 202 g/mol. The molecule has 3 aliphatic rings. The maximum absolute atomic E-state index is 12.2. The van der Waals surface area contributed by atoms with Crippen molar-refractivity contribution < 1.29 is 4.79 Å². The molecule has 0 N–H and O–H groups in total. The molecule has 2 atom stereocenters. The molecule has 2 aliphatic heterocycles. The van der Waals surface area contributed by atoms with Gasteiger partial charge >= 0.3 is 0 Å². The lowest BCUT2D eigenvalue weighted by Crippen LogP contribution is -2.38. The van der Waals surface area contributed by atoms with Gasteiger partial charge < -0.3 is 4.90 Å². The summed E-state index contributed by atoms with van der Waals surface area (Å²) >= 11 is 0. The van der Waals surface area contributed by atoms with Gasteiger partial charge in [0.15, 0.2) is 0 Å². The van der Waals surface area contributed by atoms with Gasteiger partial charge in [-0.25, -0.2) is 0 Å². The van der Waals surface area contributed by atoms with Crippen molar-refractivity contribution in [2.75, 3.05) is 6.54 Å². The molecular weight excluding hydrogens is 188 g/mol. The molecule has 0 fully saturated rings. The Morgan fingerprint density at radius 2 is 2.20 bits per heavy atom. The summed E-state index contributed by atoms with van der Waals surface area (Å²) in [5.74, 6) is 0.261. The van der Waals surface area contributed by atoms with Crippen LogP contribution in [-0.4, -0.2) is 29.1 Å². The maximum atomic E-state index is 12.2. The summed E-state index contributed by atoms with van der Waals surface area (Å²) in [4.78, 5) is 18.7. The van der Waals surface area contributed by atoms with Gasteiger partial charge in [-0.1, -0.05) is 18.2 Å². The van der Waals surface area contributed by atoms with Gasteiger partial charge in [-0.05, 0) is 12.8 Å². The zero-order valence-corrected chi connectivity index (χ0v) is 8.60. The number of allylic oxidation sites excluding steroid dienone is 2. The molecule has 78 valence electrons. The van der Waals surface area contributed by atoms with Crippen LogP contribution in [0.1, 0.15) is 19.3 Å². The molecule has 3 nitrogen and oxygen atoms in total. The summed E-state index contributed by atoms with van der Waals surface area (Å²) in [6.45, 7) is 0.776. The molecule has 3 heteroatoms. The second-order valence-electron chi connectivity index (χ2n) is 4.32. The zero-order valence-electron chi connectivity index (χ0n) is 8.60. The van der Waals surface area contributed by atoms with E-state index in [0.717, 1.165) is 31.5 Å². The van der Waals surface area contributed by atoms with Crippen LogP contribution in [0.25, 0.3) is 0 Å². The van der Waals surface area contributed by atoms with Crippen molar-refractivity contribution in [3.8, 4) is 0 Å². The first-order valence-corrected chi connectivity index (χ1v) is 5.53. The van der Waals surface area contributed by atoms with Gasteiger partial charge in [0.2, 0.25) is 5.91 Å². The largest absolute Gasteiger partial charge is 0.314 e.